The highest BCUT2D eigenvalue weighted by Gasteiger charge is 2.26. The molecule has 0 aromatic heterocycles. The van der Waals surface area contributed by atoms with Crippen molar-refractivity contribution in [2.24, 2.45) is 4.99 Å². The van der Waals surface area contributed by atoms with Gasteiger partial charge in [-0.1, -0.05) is 30.3 Å². The fraction of sp³-hybridized carbons (Fsp3) is 0.462. The molecule has 1 amide bonds. The van der Waals surface area contributed by atoms with Crippen LogP contribution in [-0.4, -0.2) is 56.6 Å². The van der Waals surface area contributed by atoms with Gasteiger partial charge in [0.1, 0.15) is 5.75 Å². The Bertz CT molecular complexity index is 953. The van der Waals surface area contributed by atoms with Crippen LogP contribution in [0, 0.1) is 0 Å². The Morgan fingerprint density at radius 2 is 1.91 bits per heavy atom. The van der Waals surface area contributed by atoms with Crippen molar-refractivity contribution in [3.63, 3.8) is 0 Å². The predicted octanol–water partition coefficient (Wildman–Crippen LogP) is 3.51. The molecule has 4 rings (SSSR count). The lowest BCUT2D eigenvalue weighted by molar-refractivity contribution is -0.116. The number of aliphatic imine (C=N–C) groups is 1. The molecule has 2 aliphatic heterocycles. The van der Waals surface area contributed by atoms with Crippen LogP contribution >= 0.6 is 0 Å². The summed E-state index contributed by atoms with van der Waals surface area (Å²) in [7, 11) is 1.69. The second-order valence-corrected chi connectivity index (χ2v) is 8.67. The normalized spacial score (nSPS) is 19.5. The second kappa shape index (κ2) is 11.2. The van der Waals surface area contributed by atoms with E-state index in [-0.39, 0.29) is 17.9 Å². The number of rotatable bonds is 8. The zero-order valence-corrected chi connectivity index (χ0v) is 19.6. The summed E-state index contributed by atoms with van der Waals surface area (Å²) in [6, 6.07) is 16.6. The predicted molar refractivity (Wildman–Crippen MR) is 133 cm³/mol. The molecule has 0 saturated carbocycles. The van der Waals surface area contributed by atoms with Crippen molar-refractivity contribution in [2.75, 3.05) is 45.2 Å². The van der Waals surface area contributed by atoms with Crippen molar-refractivity contribution in [1.29, 1.82) is 0 Å². The molecule has 176 valence electrons. The summed E-state index contributed by atoms with van der Waals surface area (Å²) in [5, 5.41) is 9.83. The van der Waals surface area contributed by atoms with Gasteiger partial charge >= 0.3 is 0 Å². The molecule has 7 heteroatoms. The minimum Gasteiger partial charge on any atom is -0.497 e. The van der Waals surface area contributed by atoms with Crippen molar-refractivity contribution < 1.29 is 9.53 Å². The minimum absolute atomic E-state index is 0.0658. The number of para-hydroxylation sites is 1. The number of amides is 1. The molecule has 0 aliphatic carbocycles. The summed E-state index contributed by atoms with van der Waals surface area (Å²) < 4.78 is 5.34. The molecule has 1 fully saturated rings. The van der Waals surface area contributed by atoms with Gasteiger partial charge in [0.25, 0.3) is 0 Å². The summed E-state index contributed by atoms with van der Waals surface area (Å²) in [5.74, 6) is 1.85. The first-order chi connectivity index (χ1) is 16.2. The van der Waals surface area contributed by atoms with E-state index in [0.717, 1.165) is 37.0 Å². The van der Waals surface area contributed by atoms with Crippen molar-refractivity contribution in [1.82, 2.24) is 15.5 Å². The van der Waals surface area contributed by atoms with Gasteiger partial charge in [-0.25, -0.2) is 0 Å². The van der Waals surface area contributed by atoms with Gasteiger partial charge < -0.3 is 20.7 Å². The van der Waals surface area contributed by atoms with Crippen molar-refractivity contribution in [2.45, 2.75) is 38.1 Å². The van der Waals surface area contributed by atoms with Gasteiger partial charge in [-0.05, 0) is 62.2 Å². The number of carbonyl (C=O) groups is 1. The highest BCUT2D eigenvalue weighted by molar-refractivity contribution is 5.94. The van der Waals surface area contributed by atoms with Gasteiger partial charge in [0, 0.05) is 31.1 Å². The van der Waals surface area contributed by atoms with Crippen LogP contribution in [0.5, 0.6) is 5.75 Å². The first-order valence-electron chi connectivity index (χ1n) is 12.0. The minimum atomic E-state index is 0.0658. The van der Waals surface area contributed by atoms with Gasteiger partial charge in [0.2, 0.25) is 5.91 Å². The smallest absolute Gasteiger partial charge is 0.225 e. The van der Waals surface area contributed by atoms with E-state index in [4.69, 9.17) is 9.73 Å². The average molecular weight is 450 g/mol. The Balaban J connectivity index is 1.47. The Kier molecular flexibility index (Phi) is 7.83. The highest BCUT2D eigenvalue weighted by Crippen LogP contribution is 2.31. The van der Waals surface area contributed by atoms with Crippen LogP contribution in [0.25, 0.3) is 0 Å². The Hall–Kier alpha value is -3.06. The van der Waals surface area contributed by atoms with E-state index >= 15 is 0 Å². The van der Waals surface area contributed by atoms with Crippen LogP contribution in [0.4, 0.5) is 5.69 Å². The van der Waals surface area contributed by atoms with Crippen LogP contribution in [0.1, 0.15) is 49.3 Å². The molecule has 2 unspecified atom stereocenters. The third-order valence-corrected chi connectivity index (χ3v) is 6.47. The molecule has 2 aromatic rings. The molecule has 2 aromatic carbocycles. The number of guanidine groups is 1. The van der Waals surface area contributed by atoms with Crippen molar-refractivity contribution in [3.8, 4) is 5.75 Å². The number of carbonyl (C=O) groups excluding carboxylic acids is 1. The van der Waals surface area contributed by atoms with Gasteiger partial charge in [0.05, 0.1) is 19.7 Å². The van der Waals surface area contributed by atoms with Crippen LogP contribution < -0.4 is 20.7 Å². The third-order valence-electron chi connectivity index (χ3n) is 6.47. The molecule has 3 N–H and O–H groups in total. The first kappa shape index (κ1) is 23.1. The first-order valence-corrected chi connectivity index (χ1v) is 12.0. The number of likely N-dealkylation sites (tertiary alicyclic amines) is 1. The molecular weight excluding hydrogens is 414 g/mol. The number of nitrogens with one attached hydrogen (secondary N) is 3. The van der Waals surface area contributed by atoms with E-state index in [1.807, 2.05) is 30.3 Å². The zero-order chi connectivity index (χ0) is 23.0. The lowest BCUT2D eigenvalue weighted by Gasteiger charge is -2.28. The standard InChI is InChI=1S/C26H35N5O2/c1-3-27-26(28-17-20-16-25(32)30-23-9-5-4-8-22(20)23)29-18-24(31-14-6-7-15-31)19-10-12-21(33-2)13-11-19/h4-5,8-13,20,24H,3,6-7,14-18H2,1-2H3,(H,30,32)(H2,27,28,29). The maximum Gasteiger partial charge on any atom is 0.225 e. The molecular formula is C26H35N5O2. The lowest BCUT2D eigenvalue weighted by atomic mass is 9.90. The zero-order valence-electron chi connectivity index (χ0n) is 19.6. The molecule has 0 radical (unpaired) electrons. The van der Waals surface area contributed by atoms with Gasteiger partial charge in [-0.2, -0.15) is 0 Å². The van der Waals surface area contributed by atoms with E-state index in [2.05, 4.69) is 46.0 Å². The summed E-state index contributed by atoms with van der Waals surface area (Å²) in [4.78, 5) is 19.7. The SMILES string of the molecule is CCNC(=NCC(c1ccc(OC)cc1)N1CCCC1)NCC1CC(=O)Nc2ccccc21. The molecule has 33 heavy (non-hydrogen) atoms. The Morgan fingerprint density at radius 3 is 2.64 bits per heavy atom. The molecule has 0 bridgehead atoms. The summed E-state index contributed by atoms with van der Waals surface area (Å²) in [6.45, 7) is 6.39. The molecule has 2 atom stereocenters. The number of ether oxygens (including phenoxy) is 1. The number of methoxy groups -OCH3 is 1. The fourth-order valence-electron chi connectivity index (χ4n) is 4.73. The van der Waals surface area contributed by atoms with Gasteiger partial charge in [-0.15, -0.1) is 0 Å². The van der Waals surface area contributed by atoms with Crippen LogP contribution in [0.2, 0.25) is 0 Å². The lowest BCUT2D eigenvalue weighted by Crippen LogP contribution is -2.41. The third kappa shape index (κ3) is 5.85. The molecule has 7 nitrogen and oxygen atoms in total. The summed E-state index contributed by atoms with van der Waals surface area (Å²) >= 11 is 0. The van der Waals surface area contributed by atoms with Crippen molar-refractivity contribution in [3.05, 3.63) is 59.7 Å². The van der Waals surface area contributed by atoms with Crippen molar-refractivity contribution >= 4 is 17.6 Å². The largest absolute Gasteiger partial charge is 0.497 e. The van der Waals surface area contributed by atoms with E-state index in [9.17, 15) is 4.79 Å². The van der Waals surface area contributed by atoms with E-state index in [1.165, 1.54) is 24.0 Å². The van der Waals surface area contributed by atoms with Crippen LogP contribution in [0.3, 0.4) is 0 Å². The average Bonchev–Trinajstić information content (AvgIpc) is 3.37. The number of hydrogen-bond acceptors (Lipinski definition) is 4. The fourth-order valence-corrected chi connectivity index (χ4v) is 4.73. The van der Waals surface area contributed by atoms with Gasteiger partial charge in [-0.3, -0.25) is 14.7 Å². The topological polar surface area (TPSA) is 78.0 Å². The van der Waals surface area contributed by atoms with E-state index in [1.54, 1.807) is 7.11 Å². The second-order valence-electron chi connectivity index (χ2n) is 8.67. The molecule has 2 heterocycles. The number of hydrogen-bond donors (Lipinski definition) is 3. The van der Waals surface area contributed by atoms with Crippen LogP contribution in [0.15, 0.2) is 53.5 Å². The molecule has 0 spiro atoms. The Morgan fingerprint density at radius 1 is 1.15 bits per heavy atom. The number of nitrogens with zero attached hydrogens (tertiary/aromatic N) is 2. The number of anilines is 1. The maximum absolute atomic E-state index is 12.2. The summed E-state index contributed by atoms with van der Waals surface area (Å²) in [5.41, 5.74) is 3.35. The van der Waals surface area contributed by atoms with E-state index < -0.39 is 0 Å². The monoisotopic (exact) mass is 449 g/mol. The van der Waals surface area contributed by atoms with Gasteiger partial charge in [0.15, 0.2) is 5.96 Å². The Labute approximate surface area is 196 Å². The maximum atomic E-state index is 12.2. The molecule has 1 saturated heterocycles. The van der Waals surface area contributed by atoms with Crippen LogP contribution in [-0.2, 0) is 4.79 Å². The highest BCUT2D eigenvalue weighted by atomic mass is 16.5. The van der Waals surface area contributed by atoms with E-state index in [0.29, 0.717) is 19.5 Å². The number of benzene rings is 2. The number of fused-ring (bicyclic) bond motifs is 1. The quantitative estimate of drug-likeness (QED) is 0.425. The molecule has 2 aliphatic rings. The summed E-state index contributed by atoms with van der Waals surface area (Å²) in [6.07, 6.45) is 2.95.